The van der Waals surface area contributed by atoms with Crippen molar-refractivity contribution < 1.29 is 9.53 Å². The lowest BCUT2D eigenvalue weighted by molar-refractivity contribution is 0.0939. The van der Waals surface area contributed by atoms with Crippen molar-refractivity contribution >= 4 is 5.78 Å². The van der Waals surface area contributed by atoms with E-state index in [2.05, 4.69) is 13.8 Å². The van der Waals surface area contributed by atoms with Gasteiger partial charge in [0.1, 0.15) is 5.75 Å². The second kappa shape index (κ2) is 5.77. The zero-order valence-corrected chi connectivity index (χ0v) is 12.4. The van der Waals surface area contributed by atoms with E-state index in [0.717, 1.165) is 30.1 Å². The minimum Gasteiger partial charge on any atom is -0.490 e. The summed E-state index contributed by atoms with van der Waals surface area (Å²) in [5.74, 6) is 2.32. The number of hydrogen-bond acceptors (Lipinski definition) is 2. The standard InChI is InChI=1S/C17H24O2/c1-11-5-8-17(16(9-11)14(4)18)19-15-7-6-12(2)13(3)10-15/h5,8-9,12-13,15H,6-7,10H2,1-4H3. The molecular formula is C17H24O2. The SMILES string of the molecule is CC(=O)c1cc(C)ccc1OC1CCC(C)C(C)C1. The Bertz CT molecular complexity index is 464. The van der Waals surface area contributed by atoms with E-state index in [-0.39, 0.29) is 11.9 Å². The fourth-order valence-corrected chi connectivity index (χ4v) is 2.81. The van der Waals surface area contributed by atoms with E-state index in [4.69, 9.17) is 4.74 Å². The van der Waals surface area contributed by atoms with Crippen LogP contribution in [0.25, 0.3) is 0 Å². The van der Waals surface area contributed by atoms with Gasteiger partial charge in [0.15, 0.2) is 5.78 Å². The van der Waals surface area contributed by atoms with E-state index < -0.39 is 0 Å². The number of benzene rings is 1. The van der Waals surface area contributed by atoms with Crippen molar-refractivity contribution in [2.45, 2.75) is 53.1 Å². The van der Waals surface area contributed by atoms with Crippen LogP contribution in [0.1, 0.15) is 56.0 Å². The van der Waals surface area contributed by atoms with Gasteiger partial charge >= 0.3 is 0 Å². The number of ether oxygens (including phenoxy) is 1. The maximum Gasteiger partial charge on any atom is 0.163 e. The lowest BCUT2D eigenvalue weighted by atomic mass is 9.80. The highest BCUT2D eigenvalue weighted by atomic mass is 16.5. The van der Waals surface area contributed by atoms with Crippen LogP contribution in [-0.2, 0) is 0 Å². The number of carbonyl (C=O) groups is 1. The first-order valence-corrected chi connectivity index (χ1v) is 7.25. The smallest absolute Gasteiger partial charge is 0.163 e. The van der Waals surface area contributed by atoms with Gasteiger partial charge in [-0.1, -0.05) is 25.5 Å². The molecule has 1 aromatic rings. The Kier molecular flexibility index (Phi) is 4.28. The minimum atomic E-state index is 0.0796. The summed E-state index contributed by atoms with van der Waals surface area (Å²) in [7, 11) is 0. The molecule has 19 heavy (non-hydrogen) atoms. The molecule has 0 N–H and O–H groups in total. The molecule has 3 unspecified atom stereocenters. The Morgan fingerprint density at radius 3 is 2.58 bits per heavy atom. The Labute approximate surface area is 116 Å². The van der Waals surface area contributed by atoms with Crippen molar-refractivity contribution in [3.63, 3.8) is 0 Å². The fourth-order valence-electron chi connectivity index (χ4n) is 2.81. The van der Waals surface area contributed by atoms with Gasteiger partial charge in [-0.25, -0.2) is 0 Å². The summed E-state index contributed by atoms with van der Waals surface area (Å²) in [5.41, 5.74) is 1.81. The maximum atomic E-state index is 11.7. The summed E-state index contributed by atoms with van der Waals surface area (Å²) in [6.45, 7) is 8.21. The first kappa shape index (κ1) is 14.1. The third kappa shape index (κ3) is 3.37. The van der Waals surface area contributed by atoms with E-state index in [0.29, 0.717) is 11.5 Å². The summed E-state index contributed by atoms with van der Waals surface area (Å²) in [4.78, 5) is 11.7. The molecule has 1 aliphatic rings. The van der Waals surface area contributed by atoms with Crippen LogP contribution in [0.15, 0.2) is 18.2 Å². The second-order valence-corrected chi connectivity index (χ2v) is 6.06. The molecule has 1 fully saturated rings. The van der Waals surface area contributed by atoms with Crippen molar-refractivity contribution in [3.8, 4) is 5.75 Å². The van der Waals surface area contributed by atoms with Crippen LogP contribution in [-0.4, -0.2) is 11.9 Å². The van der Waals surface area contributed by atoms with E-state index in [1.54, 1.807) is 6.92 Å². The van der Waals surface area contributed by atoms with Gasteiger partial charge in [-0.3, -0.25) is 4.79 Å². The third-order valence-corrected chi connectivity index (χ3v) is 4.36. The lowest BCUT2D eigenvalue weighted by Gasteiger charge is -2.32. The predicted octanol–water partition coefficient (Wildman–Crippen LogP) is 4.40. The molecule has 0 aromatic heterocycles. The van der Waals surface area contributed by atoms with Crippen LogP contribution in [0.4, 0.5) is 0 Å². The largest absolute Gasteiger partial charge is 0.490 e. The topological polar surface area (TPSA) is 26.3 Å². The molecule has 104 valence electrons. The van der Waals surface area contributed by atoms with Gasteiger partial charge in [-0.05, 0) is 57.1 Å². The van der Waals surface area contributed by atoms with Gasteiger partial charge < -0.3 is 4.74 Å². The molecule has 0 heterocycles. The van der Waals surface area contributed by atoms with Crippen molar-refractivity contribution in [1.29, 1.82) is 0 Å². The van der Waals surface area contributed by atoms with Gasteiger partial charge in [0.05, 0.1) is 11.7 Å². The zero-order valence-electron chi connectivity index (χ0n) is 12.4. The van der Waals surface area contributed by atoms with E-state index in [9.17, 15) is 4.79 Å². The van der Waals surface area contributed by atoms with Gasteiger partial charge in [0.2, 0.25) is 0 Å². The number of Topliss-reactive ketones (excluding diaryl/α,β-unsaturated/α-hetero) is 1. The second-order valence-electron chi connectivity index (χ2n) is 6.06. The minimum absolute atomic E-state index is 0.0796. The van der Waals surface area contributed by atoms with E-state index in [1.807, 2.05) is 25.1 Å². The van der Waals surface area contributed by atoms with Crippen LogP contribution in [0.3, 0.4) is 0 Å². The Balaban J connectivity index is 2.13. The molecule has 0 radical (unpaired) electrons. The van der Waals surface area contributed by atoms with Crippen molar-refractivity contribution in [3.05, 3.63) is 29.3 Å². The highest BCUT2D eigenvalue weighted by Gasteiger charge is 2.26. The molecule has 0 aliphatic heterocycles. The summed E-state index contributed by atoms with van der Waals surface area (Å²) >= 11 is 0. The van der Waals surface area contributed by atoms with Crippen LogP contribution >= 0.6 is 0 Å². The van der Waals surface area contributed by atoms with Crippen LogP contribution in [0.5, 0.6) is 5.75 Å². The monoisotopic (exact) mass is 260 g/mol. The molecule has 1 saturated carbocycles. The molecule has 3 atom stereocenters. The van der Waals surface area contributed by atoms with Crippen LogP contribution in [0, 0.1) is 18.8 Å². The number of ketones is 1. The quantitative estimate of drug-likeness (QED) is 0.753. The molecular weight excluding hydrogens is 236 g/mol. The number of hydrogen-bond donors (Lipinski definition) is 0. The Hall–Kier alpha value is -1.31. The molecule has 2 heteroatoms. The highest BCUT2D eigenvalue weighted by Crippen LogP contribution is 2.33. The summed E-state index contributed by atoms with van der Waals surface area (Å²) in [5, 5.41) is 0. The number of rotatable bonds is 3. The van der Waals surface area contributed by atoms with E-state index >= 15 is 0 Å². The molecule has 2 nitrogen and oxygen atoms in total. The normalized spacial score (nSPS) is 27.1. The van der Waals surface area contributed by atoms with Crippen molar-refractivity contribution in [2.75, 3.05) is 0 Å². The van der Waals surface area contributed by atoms with E-state index in [1.165, 1.54) is 6.42 Å². The first-order valence-electron chi connectivity index (χ1n) is 7.25. The van der Waals surface area contributed by atoms with Gasteiger partial charge in [0, 0.05) is 0 Å². The third-order valence-electron chi connectivity index (χ3n) is 4.36. The molecule has 0 spiro atoms. The van der Waals surface area contributed by atoms with Crippen LogP contribution < -0.4 is 4.74 Å². The van der Waals surface area contributed by atoms with Crippen molar-refractivity contribution in [2.24, 2.45) is 11.8 Å². The lowest BCUT2D eigenvalue weighted by Crippen LogP contribution is -2.29. The Morgan fingerprint density at radius 1 is 1.21 bits per heavy atom. The first-order chi connectivity index (χ1) is 8.97. The molecule has 2 rings (SSSR count). The predicted molar refractivity (Wildman–Crippen MR) is 77.8 cm³/mol. The van der Waals surface area contributed by atoms with Gasteiger partial charge in [-0.2, -0.15) is 0 Å². The molecule has 0 bridgehead atoms. The highest BCUT2D eigenvalue weighted by molar-refractivity contribution is 5.97. The summed E-state index contributed by atoms with van der Waals surface area (Å²) in [6.07, 6.45) is 3.66. The van der Waals surface area contributed by atoms with Gasteiger partial charge in [0.25, 0.3) is 0 Å². The fraction of sp³-hybridized carbons (Fsp3) is 0.588. The van der Waals surface area contributed by atoms with Gasteiger partial charge in [-0.15, -0.1) is 0 Å². The Morgan fingerprint density at radius 2 is 1.95 bits per heavy atom. The zero-order chi connectivity index (χ0) is 14.0. The summed E-state index contributed by atoms with van der Waals surface area (Å²) in [6, 6.07) is 5.87. The number of carbonyl (C=O) groups excluding carboxylic acids is 1. The molecule has 1 aliphatic carbocycles. The van der Waals surface area contributed by atoms with Crippen molar-refractivity contribution in [1.82, 2.24) is 0 Å². The average Bonchev–Trinajstić information content (AvgIpc) is 2.36. The van der Waals surface area contributed by atoms with Crippen LogP contribution in [0.2, 0.25) is 0 Å². The molecule has 0 amide bonds. The molecule has 0 saturated heterocycles. The molecule has 1 aromatic carbocycles. The average molecular weight is 260 g/mol. The maximum absolute atomic E-state index is 11.7. The number of aryl methyl sites for hydroxylation is 1. The summed E-state index contributed by atoms with van der Waals surface area (Å²) < 4.78 is 6.10.